The fourth-order valence-corrected chi connectivity index (χ4v) is 4.25. The van der Waals surface area contributed by atoms with Gasteiger partial charge >= 0.3 is 0 Å². The maximum atomic E-state index is 5.80. The van der Waals surface area contributed by atoms with Gasteiger partial charge in [0.15, 0.2) is 0 Å². The molecule has 0 aliphatic carbocycles. The van der Waals surface area contributed by atoms with Crippen LogP contribution in [0.4, 0.5) is 0 Å². The van der Waals surface area contributed by atoms with E-state index >= 15 is 0 Å². The van der Waals surface area contributed by atoms with Gasteiger partial charge in [-0.2, -0.15) is 0 Å². The number of hydrogen-bond acceptors (Lipinski definition) is 7. The van der Waals surface area contributed by atoms with Crippen molar-refractivity contribution in [3.8, 4) is 5.75 Å². The van der Waals surface area contributed by atoms with Gasteiger partial charge in [-0.1, -0.05) is 57.6 Å². The fourth-order valence-electron chi connectivity index (χ4n) is 4.25. The van der Waals surface area contributed by atoms with E-state index in [2.05, 4.69) is 36.5 Å². The minimum absolute atomic E-state index is 0.386. The van der Waals surface area contributed by atoms with Crippen LogP contribution < -0.4 is 10.1 Å². The number of ether oxygens (including phenoxy) is 6. The first-order valence-electron chi connectivity index (χ1n) is 14.7. The zero-order valence-electron chi connectivity index (χ0n) is 23.4. The number of unbranched alkanes of at least 4 members (excludes halogenated alkanes) is 6. The summed E-state index contributed by atoms with van der Waals surface area (Å²) in [7, 11) is 0. The minimum atomic E-state index is 0.386. The third-order valence-electron chi connectivity index (χ3n) is 6.47. The fraction of sp³-hybridized carbons (Fsp3) is 0.800. The van der Waals surface area contributed by atoms with E-state index < -0.39 is 0 Å². The van der Waals surface area contributed by atoms with Gasteiger partial charge in [0.25, 0.3) is 0 Å². The number of benzene rings is 1. The predicted octanol–water partition coefficient (Wildman–Crippen LogP) is 5.19. The number of rotatable bonds is 25. The van der Waals surface area contributed by atoms with Crippen LogP contribution in [-0.4, -0.2) is 85.3 Å². The Kier molecular flexibility index (Phi) is 20.6. The average Bonchev–Trinajstić information content (AvgIpc) is 2.93. The number of aryl methyl sites for hydroxylation is 1. The van der Waals surface area contributed by atoms with Gasteiger partial charge in [-0.25, -0.2) is 0 Å². The Hall–Kier alpha value is -1.22. The second-order valence-corrected chi connectivity index (χ2v) is 9.63. The Bertz CT molecular complexity index is 609. The van der Waals surface area contributed by atoms with Gasteiger partial charge in [0.2, 0.25) is 0 Å². The standard InChI is InChI=1S/C30H53NO6/c1-2-3-4-5-6-7-8-9-28-10-12-29(13-11-28)36-26-24-34-22-20-32-18-19-33-21-23-35-25-27-37-30-14-16-31-17-15-30/h10-13,30-31H,2-9,14-27H2,1H3. The third-order valence-corrected chi connectivity index (χ3v) is 6.47. The van der Waals surface area contributed by atoms with Crippen LogP contribution in [0.3, 0.4) is 0 Å². The van der Waals surface area contributed by atoms with E-state index in [9.17, 15) is 0 Å². The van der Waals surface area contributed by atoms with Crippen molar-refractivity contribution in [3.05, 3.63) is 29.8 Å². The molecule has 0 unspecified atom stereocenters. The quantitative estimate of drug-likeness (QED) is 0.177. The van der Waals surface area contributed by atoms with Crippen molar-refractivity contribution in [3.63, 3.8) is 0 Å². The Morgan fingerprint density at radius 3 is 1.73 bits per heavy atom. The molecule has 1 saturated heterocycles. The molecule has 0 saturated carbocycles. The van der Waals surface area contributed by atoms with E-state index in [1.54, 1.807) is 0 Å². The first kappa shape index (κ1) is 32.0. The number of nitrogens with one attached hydrogen (secondary N) is 1. The molecule has 2 rings (SSSR count). The molecule has 7 heteroatoms. The Balaban J connectivity index is 1.28. The van der Waals surface area contributed by atoms with Gasteiger partial charge in [0, 0.05) is 0 Å². The van der Waals surface area contributed by atoms with Crippen LogP contribution in [0.2, 0.25) is 0 Å². The van der Waals surface area contributed by atoms with E-state index in [0.717, 1.165) is 38.1 Å². The zero-order valence-corrected chi connectivity index (χ0v) is 23.4. The van der Waals surface area contributed by atoms with Crippen molar-refractivity contribution < 1.29 is 28.4 Å². The lowest BCUT2D eigenvalue weighted by molar-refractivity contribution is -0.0284. The van der Waals surface area contributed by atoms with Crippen LogP contribution in [-0.2, 0) is 30.1 Å². The van der Waals surface area contributed by atoms with Crippen LogP contribution in [0, 0.1) is 0 Å². The van der Waals surface area contributed by atoms with E-state index in [4.69, 9.17) is 28.4 Å². The van der Waals surface area contributed by atoms with E-state index in [0.29, 0.717) is 72.2 Å². The molecule has 1 aromatic carbocycles. The maximum Gasteiger partial charge on any atom is 0.119 e. The van der Waals surface area contributed by atoms with Crippen molar-refractivity contribution in [1.29, 1.82) is 0 Å². The molecular weight excluding hydrogens is 470 g/mol. The van der Waals surface area contributed by atoms with Crippen LogP contribution in [0.1, 0.15) is 70.3 Å². The first-order chi connectivity index (χ1) is 18.4. The van der Waals surface area contributed by atoms with Crippen molar-refractivity contribution in [1.82, 2.24) is 5.32 Å². The van der Waals surface area contributed by atoms with Crippen LogP contribution in [0.25, 0.3) is 0 Å². The molecule has 0 spiro atoms. The number of piperidine rings is 1. The summed E-state index contributed by atoms with van der Waals surface area (Å²) >= 11 is 0. The van der Waals surface area contributed by atoms with Crippen molar-refractivity contribution in [2.75, 3.05) is 79.2 Å². The Labute approximate surface area is 225 Å². The molecule has 1 fully saturated rings. The molecule has 0 amide bonds. The summed E-state index contributed by atoms with van der Waals surface area (Å²) in [6.07, 6.45) is 13.2. The molecular formula is C30H53NO6. The highest BCUT2D eigenvalue weighted by molar-refractivity contribution is 5.27. The summed E-state index contributed by atoms with van der Waals surface area (Å²) in [4.78, 5) is 0. The lowest BCUT2D eigenvalue weighted by Crippen LogP contribution is -2.33. The highest BCUT2D eigenvalue weighted by Gasteiger charge is 2.12. The van der Waals surface area contributed by atoms with E-state index in [1.807, 2.05) is 0 Å². The molecule has 1 N–H and O–H groups in total. The van der Waals surface area contributed by atoms with Gasteiger partial charge in [-0.05, 0) is 56.5 Å². The molecule has 0 radical (unpaired) electrons. The van der Waals surface area contributed by atoms with Gasteiger partial charge in [-0.15, -0.1) is 0 Å². The summed E-state index contributed by atoms with van der Waals surface area (Å²) in [6, 6.07) is 8.49. The van der Waals surface area contributed by atoms with Gasteiger partial charge in [0.05, 0.1) is 65.6 Å². The molecule has 1 aromatic rings. The summed E-state index contributed by atoms with van der Waals surface area (Å²) in [5.41, 5.74) is 1.39. The van der Waals surface area contributed by atoms with Crippen LogP contribution >= 0.6 is 0 Å². The third kappa shape index (κ3) is 18.6. The molecule has 37 heavy (non-hydrogen) atoms. The monoisotopic (exact) mass is 523 g/mol. The van der Waals surface area contributed by atoms with E-state index in [-0.39, 0.29) is 0 Å². The summed E-state index contributed by atoms with van der Waals surface area (Å²) in [6.45, 7) is 10.1. The van der Waals surface area contributed by atoms with E-state index in [1.165, 1.54) is 50.5 Å². The van der Waals surface area contributed by atoms with Gasteiger partial charge in [0.1, 0.15) is 12.4 Å². The van der Waals surface area contributed by atoms with Crippen LogP contribution in [0.5, 0.6) is 5.75 Å². The average molecular weight is 524 g/mol. The largest absolute Gasteiger partial charge is 0.491 e. The van der Waals surface area contributed by atoms with Gasteiger partial charge in [-0.3, -0.25) is 0 Å². The lowest BCUT2D eigenvalue weighted by Gasteiger charge is -2.22. The minimum Gasteiger partial charge on any atom is -0.491 e. The molecule has 214 valence electrons. The molecule has 0 aromatic heterocycles. The maximum absolute atomic E-state index is 5.80. The highest BCUT2D eigenvalue weighted by Crippen LogP contribution is 2.15. The lowest BCUT2D eigenvalue weighted by atomic mass is 10.0. The Morgan fingerprint density at radius 2 is 1.14 bits per heavy atom. The first-order valence-corrected chi connectivity index (χ1v) is 14.7. The topological polar surface area (TPSA) is 67.4 Å². The molecule has 1 heterocycles. The zero-order chi connectivity index (χ0) is 26.1. The molecule has 7 nitrogen and oxygen atoms in total. The number of hydrogen-bond donors (Lipinski definition) is 1. The normalized spacial score (nSPS) is 14.3. The Morgan fingerprint density at radius 1 is 0.622 bits per heavy atom. The smallest absolute Gasteiger partial charge is 0.119 e. The SMILES string of the molecule is CCCCCCCCCc1ccc(OCCOCCOCCOCCOCCOC2CCNCC2)cc1. The predicted molar refractivity (Wildman–Crippen MR) is 149 cm³/mol. The van der Waals surface area contributed by atoms with Crippen LogP contribution in [0.15, 0.2) is 24.3 Å². The van der Waals surface area contributed by atoms with Crippen molar-refractivity contribution >= 4 is 0 Å². The van der Waals surface area contributed by atoms with Crippen molar-refractivity contribution in [2.45, 2.75) is 77.2 Å². The van der Waals surface area contributed by atoms with Gasteiger partial charge < -0.3 is 33.7 Å². The summed E-state index contributed by atoms with van der Waals surface area (Å²) in [5, 5.41) is 3.34. The summed E-state index contributed by atoms with van der Waals surface area (Å²) in [5.74, 6) is 0.901. The second-order valence-electron chi connectivity index (χ2n) is 9.63. The highest BCUT2D eigenvalue weighted by atomic mass is 16.6. The summed E-state index contributed by atoms with van der Waals surface area (Å²) < 4.78 is 33.7. The molecule has 0 atom stereocenters. The molecule has 1 aliphatic rings. The second kappa shape index (κ2) is 23.9. The van der Waals surface area contributed by atoms with Crippen molar-refractivity contribution in [2.24, 2.45) is 0 Å². The molecule has 0 bridgehead atoms. The molecule has 1 aliphatic heterocycles.